The molecule has 0 aliphatic carbocycles. The number of rotatable bonds is 3. The Morgan fingerprint density at radius 3 is 1.22 bits per heavy atom. The number of fused-ring (bicyclic) bond motifs is 3. The third-order valence-corrected chi connectivity index (χ3v) is 8.39. The summed E-state index contributed by atoms with van der Waals surface area (Å²) < 4.78 is 2.08. The predicted molar refractivity (Wildman–Crippen MR) is 168 cm³/mol. The smallest absolute Gasteiger partial charge is 0.309 e. The lowest BCUT2D eigenvalue weighted by Gasteiger charge is -2.28. The third-order valence-electron chi connectivity index (χ3n) is 8.39. The molecule has 0 N–H and O–H groups in total. The fourth-order valence-corrected chi connectivity index (χ4v) is 5.91. The van der Waals surface area contributed by atoms with E-state index in [-0.39, 0.29) is 11.1 Å². The summed E-state index contributed by atoms with van der Waals surface area (Å²) in [5.74, 6) is -2.72. The lowest BCUT2D eigenvalue weighted by Crippen LogP contribution is -2.52. The van der Waals surface area contributed by atoms with Crippen LogP contribution in [-0.2, 0) is 19.2 Å². The van der Waals surface area contributed by atoms with Gasteiger partial charge in [0, 0.05) is 39.0 Å². The Hall–Kier alpha value is -5.84. The molecule has 1 aromatic heterocycles. The third kappa shape index (κ3) is 4.43. The molecule has 4 aromatic rings. The number of imide groups is 4. The topological polar surface area (TPSA) is 120 Å². The highest BCUT2D eigenvalue weighted by atomic mass is 16.2. The molecule has 2 fully saturated rings. The van der Waals surface area contributed by atoms with Crippen LogP contribution >= 0.6 is 0 Å². The minimum absolute atomic E-state index is 0.127. The average molecular weight is 604 g/mol. The van der Waals surface area contributed by atoms with E-state index in [0.29, 0.717) is 11.1 Å². The number of carbonyl (C=O) groups excluding carboxylic acids is 6. The molecule has 8 amide bonds. The number of carbonyl (C=O) groups is 6. The van der Waals surface area contributed by atoms with Gasteiger partial charge in [-0.15, -0.1) is 0 Å². The lowest BCUT2D eigenvalue weighted by atomic mass is 10.0. The molecule has 2 saturated heterocycles. The number of hydrogen-bond donors (Lipinski definition) is 0. The van der Waals surface area contributed by atoms with Crippen LogP contribution < -0.4 is 0 Å². The molecule has 0 unspecified atom stereocenters. The number of likely N-dealkylation sites (N-methyl/N-ethyl adjacent to an activating group) is 4. The van der Waals surface area contributed by atoms with Gasteiger partial charge in [0.15, 0.2) is 0 Å². The van der Waals surface area contributed by atoms with Gasteiger partial charge in [0.25, 0.3) is 23.6 Å². The van der Waals surface area contributed by atoms with Crippen molar-refractivity contribution in [1.29, 1.82) is 0 Å². The van der Waals surface area contributed by atoms with Crippen molar-refractivity contribution in [2.75, 3.05) is 28.2 Å². The number of urea groups is 2. The summed E-state index contributed by atoms with van der Waals surface area (Å²) in [5, 5.41) is 1.80. The van der Waals surface area contributed by atoms with Crippen LogP contribution in [0.1, 0.15) is 22.3 Å². The molecule has 45 heavy (non-hydrogen) atoms. The van der Waals surface area contributed by atoms with Crippen molar-refractivity contribution >= 4 is 69.6 Å². The maximum Gasteiger partial charge on any atom is 0.333 e. The molecule has 226 valence electrons. The van der Waals surface area contributed by atoms with E-state index in [0.717, 1.165) is 58.2 Å². The van der Waals surface area contributed by atoms with Crippen LogP contribution in [0, 0.1) is 13.8 Å². The standard InChI is InChI=1S/C34H29N5O6/c1-18-8-7-9-19(2)28(18)39-26-16-20(14-24-29(40)35(3)33(44)36(4)30(24)41)10-12-22(26)23-13-11-21(17-27(23)39)15-25-31(42)37(5)34(45)38(6)32(25)43/h7-17H,1-6H3. The van der Waals surface area contributed by atoms with Gasteiger partial charge in [-0.2, -0.15) is 0 Å². The van der Waals surface area contributed by atoms with Crippen molar-refractivity contribution in [3.63, 3.8) is 0 Å². The van der Waals surface area contributed by atoms with E-state index in [1.807, 2.05) is 56.3 Å². The second-order valence-corrected chi connectivity index (χ2v) is 11.3. The highest BCUT2D eigenvalue weighted by Gasteiger charge is 2.39. The van der Waals surface area contributed by atoms with Crippen molar-refractivity contribution in [3.05, 3.63) is 88.0 Å². The molecule has 0 saturated carbocycles. The molecule has 0 bridgehead atoms. The summed E-state index contributed by atoms with van der Waals surface area (Å²) in [7, 11) is 5.33. The quantitative estimate of drug-likeness (QED) is 0.255. The molecule has 0 atom stereocenters. The Labute approximate surface area is 258 Å². The first kappa shape index (κ1) is 29.2. The van der Waals surface area contributed by atoms with Crippen LogP contribution in [0.4, 0.5) is 9.59 Å². The highest BCUT2D eigenvalue weighted by molar-refractivity contribution is 6.31. The van der Waals surface area contributed by atoms with Crippen molar-refractivity contribution < 1.29 is 28.8 Å². The van der Waals surface area contributed by atoms with Crippen LogP contribution in [0.5, 0.6) is 0 Å². The van der Waals surface area contributed by atoms with Crippen molar-refractivity contribution in [2.45, 2.75) is 13.8 Å². The molecule has 3 heterocycles. The first-order valence-electron chi connectivity index (χ1n) is 14.1. The highest BCUT2D eigenvalue weighted by Crippen LogP contribution is 2.36. The van der Waals surface area contributed by atoms with Crippen molar-refractivity contribution in [3.8, 4) is 5.69 Å². The number of benzene rings is 3. The normalized spacial score (nSPS) is 16.2. The van der Waals surface area contributed by atoms with Gasteiger partial charge in [0.1, 0.15) is 11.1 Å². The Morgan fingerprint density at radius 1 is 0.511 bits per heavy atom. The summed E-state index contributed by atoms with van der Waals surface area (Å²) in [4.78, 5) is 79.7. The van der Waals surface area contributed by atoms with Gasteiger partial charge in [0.2, 0.25) is 0 Å². The maximum absolute atomic E-state index is 12.9. The summed E-state index contributed by atoms with van der Waals surface area (Å²) in [6.07, 6.45) is 2.97. The van der Waals surface area contributed by atoms with Gasteiger partial charge in [-0.3, -0.25) is 38.8 Å². The number of aromatic nitrogens is 1. The van der Waals surface area contributed by atoms with Gasteiger partial charge in [-0.05, 0) is 60.4 Å². The zero-order chi connectivity index (χ0) is 32.5. The number of barbiturate groups is 2. The molecule has 3 aromatic carbocycles. The Balaban J connectivity index is 1.59. The van der Waals surface area contributed by atoms with E-state index in [1.54, 1.807) is 12.1 Å². The molecule has 11 heteroatoms. The number of para-hydroxylation sites is 1. The summed E-state index contributed by atoms with van der Waals surface area (Å²) in [6, 6.07) is 15.8. The van der Waals surface area contributed by atoms with Crippen LogP contribution in [0.15, 0.2) is 65.7 Å². The van der Waals surface area contributed by atoms with Crippen molar-refractivity contribution in [1.82, 2.24) is 24.2 Å². The van der Waals surface area contributed by atoms with E-state index in [2.05, 4.69) is 4.57 Å². The van der Waals surface area contributed by atoms with Crippen LogP contribution in [0.2, 0.25) is 0 Å². The van der Waals surface area contributed by atoms with Crippen molar-refractivity contribution in [2.24, 2.45) is 0 Å². The fraction of sp³-hybridized carbons (Fsp3) is 0.176. The average Bonchev–Trinajstić information content (AvgIpc) is 3.33. The molecule has 0 spiro atoms. The summed E-state index contributed by atoms with van der Waals surface area (Å²) in [6.45, 7) is 4.00. The Morgan fingerprint density at radius 2 is 0.867 bits per heavy atom. The Kier molecular flexibility index (Phi) is 6.76. The molecule has 11 nitrogen and oxygen atoms in total. The minimum atomic E-state index is -0.694. The molecular formula is C34H29N5O6. The SMILES string of the molecule is Cc1cccc(C)c1-n1c2cc(C=C3C(=O)N(C)C(=O)N(C)C3=O)ccc2c2ccc(C=C3C(=O)N(C)C(=O)N(C)C3=O)cc21. The Bertz CT molecular complexity index is 1920. The zero-order valence-electron chi connectivity index (χ0n) is 25.5. The number of nitrogens with zero attached hydrogens (tertiary/aromatic N) is 5. The lowest BCUT2D eigenvalue weighted by molar-refractivity contribution is -0.135. The van der Waals surface area contributed by atoms with Crippen LogP contribution in [0.25, 0.3) is 39.6 Å². The fourth-order valence-electron chi connectivity index (χ4n) is 5.91. The first-order chi connectivity index (χ1) is 21.3. The molecule has 0 radical (unpaired) electrons. The summed E-state index contributed by atoms with van der Waals surface area (Å²) >= 11 is 0. The number of hydrogen-bond acceptors (Lipinski definition) is 6. The van der Waals surface area contributed by atoms with Gasteiger partial charge < -0.3 is 4.57 Å². The van der Waals surface area contributed by atoms with Gasteiger partial charge >= 0.3 is 12.1 Å². The van der Waals surface area contributed by atoms with Gasteiger partial charge in [-0.25, -0.2) is 9.59 Å². The number of amides is 8. The maximum atomic E-state index is 12.9. The van der Waals surface area contributed by atoms with E-state index < -0.39 is 35.7 Å². The molecule has 2 aliphatic heterocycles. The summed E-state index contributed by atoms with van der Waals surface area (Å²) in [5.41, 5.74) is 5.44. The van der Waals surface area contributed by atoms with E-state index in [9.17, 15) is 28.8 Å². The van der Waals surface area contributed by atoms with Gasteiger partial charge in [0.05, 0.1) is 16.7 Å². The molecule has 2 aliphatic rings. The van der Waals surface area contributed by atoms with E-state index in [1.165, 1.54) is 40.3 Å². The monoisotopic (exact) mass is 603 g/mol. The van der Waals surface area contributed by atoms with E-state index >= 15 is 0 Å². The van der Waals surface area contributed by atoms with E-state index in [4.69, 9.17) is 0 Å². The number of aryl methyl sites for hydroxylation is 2. The second-order valence-electron chi connectivity index (χ2n) is 11.3. The van der Waals surface area contributed by atoms with Gasteiger partial charge in [-0.1, -0.05) is 42.5 Å². The minimum Gasteiger partial charge on any atom is -0.309 e. The molecule has 6 rings (SSSR count). The van der Waals surface area contributed by atoms with Crippen LogP contribution in [-0.4, -0.2) is 88.0 Å². The predicted octanol–water partition coefficient (Wildman–Crippen LogP) is 4.27. The zero-order valence-corrected chi connectivity index (χ0v) is 25.5. The van der Waals surface area contributed by atoms with Crippen LogP contribution in [0.3, 0.4) is 0 Å². The largest absolute Gasteiger partial charge is 0.333 e. The second kappa shape index (κ2) is 10.4. The molecular weight excluding hydrogens is 574 g/mol. The first-order valence-corrected chi connectivity index (χ1v) is 14.1.